The number of nitrogens with two attached hydrogens (primary N) is 1. The number of morpholine rings is 1. The molecular formula is C17H33N3O3. The van der Waals surface area contributed by atoms with Crippen molar-refractivity contribution in [1.29, 1.82) is 0 Å². The molecule has 1 heterocycles. The Morgan fingerprint density at radius 2 is 2.09 bits per heavy atom. The normalized spacial score (nSPS) is 28.6. The van der Waals surface area contributed by atoms with Crippen LogP contribution in [0.15, 0.2) is 0 Å². The molecule has 1 aliphatic carbocycles. The van der Waals surface area contributed by atoms with Crippen molar-refractivity contribution in [2.75, 3.05) is 19.7 Å². The molecule has 0 aromatic rings. The summed E-state index contributed by atoms with van der Waals surface area (Å²) in [4.78, 5) is 14.5. The monoisotopic (exact) mass is 327 g/mol. The van der Waals surface area contributed by atoms with E-state index in [1.807, 2.05) is 27.7 Å². The van der Waals surface area contributed by atoms with Gasteiger partial charge in [-0.2, -0.15) is 0 Å². The van der Waals surface area contributed by atoms with Crippen LogP contribution in [0.1, 0.15) is 53.4 Å². The van der Waals surface area contributed by atoms with Crippen molar-refractivity contribution in [3.63, 3.8) is 0 Å². The number of amides is 1. The molecule has 4 unspecified atom stereocenters. The Labute approximate surface area is 140 Å². The van der Waals surface area contributed by atoms with Crippen LogP contribution in [0.3, 0.4) is 0 Å². The molecule has 0 radical (unpaired) electrons. The molecule has 0 aromatic heterocycles. The van der Waals surface area contributed by atoms with Crippen LogP contribution in [0.2, 0.25) is 0 Å². The van der Waals surface area contributed by atoms with E-state index in [1.54, 1.807) is 0 Å². The molecule has 134 valence electrons. The fourth-order valence-electron chi connectivity index (χ4n) is 3.75. The van der Waals surface area contributed by atoms with E-state index < -0.39 is 5.60 Å². The third-order valence-electron chi connectivity index (χ3n) is 4.76. The van der Waals surface area contributed by atoms with Gasteiger partial charge in [0.15, 0.2) is 0 Å². The van der Waals surface area contributed by atoms with Crippen molar-refractivity contribution < 1.29 is 14.3 Å². The molecule has 2 rings (SSSR count). The lowest BCUT2D eigenvalue weighted by Gasteiger charge is -2.48. The number of nitrogens with one attached hydrogen (secondary N) is 1. The van der Waals surface area contributed by atoms with Gasteiger partial charge in [-0.1, -0.05) is 12.8 Å². The largest absolute Gasteiger partial charge is 0.444 e. The molecule has 1 saturated heterocycles. The third kappa shape index (κ3) is 5.06. The predicted octanol–water partition coefficient (Wildman–Crippen LogP) is 1.87. The van der Waals surface area contributed by atoms with Gasteiger partial charge < -0.3 is 20.5 Å². The first-order chi connectivity index (χ1) is 10.8. The van der Waals surface area contributed by atoms with Gasteiger partial charge in [0.25, 0.3) is 0 Å². The maximum absolute atomic E-state index is 12.0. The molecule has 6 heteroatoms. The van der Waals surface area contributed by atoms with Gasteiger partial charge in [-0.05, 0) is 40.5 Å². The molecule has 0 spiro atoms. The van der Waals surface area contributed by atoms with E-state index in [9.17, 15) is 4.79 Å². The van der Waals surface area contributed by atoms with E-state index in [2.05, 4.69) is 10.2 Å². The van der Waals surface area contributed by atoms with Crippen molar-refractivity contribution in [2.45, 2.75) is 83.2 Å². The van der Waals surface area contributed by atoms with E-state index in [0.717, 1.165) is 26.0 Å². The van der Waals surface area contributed by atoms with Crippen molar-refractivity contribution in [2.24, 2.45) is 5.73 Å². The predicted molar refractivity (Wildman–Crippen MR) is 90.4 cm³/mol. The van der Waals surface area contributed by atoms with E-state index >= 15 is 0 Å². The smallest absolute Gasteiger partial charge is 0.407 e. The summed E-state index contributed by atoms with van der Waals surface area (Å²) in [7, 11) is 0. The van der Waals surface area contributed by atoms with Crippen LogP contribution in [0, 0.1) is 0 Å². The maximum atomic E-state index is 12.0. The number of alkyl carbamates (subject to hydrolysis) is 1. The lowest BCUT2D eigenvalue weighted by atomic mass is 9.88. The first-order valence-electron chi connectivity index (χ1n) is 8.89. The average Bonchev–Trinajstić information content (AvgIpc) is 2.46. The minimum atomic E-state index is -0.491. The van der Waals surface area contributed by atoms with Gasteiger partial charge in [0.1, 0.15) is 5.60 Å². The molecule has 1 saturated carbocycles. The first-order valence-corrected chi connectivity index (χ1v) is 8.89. The molecule has 2 fully saturated rings. The van der Waals surface area contributed by atoms with Crippen molar-refractivity contribution in [3.05, 3.63) is 0 Å². The number of hydrogen-bond donors (Lipinski definition) is 2. The fraction of sp³-hybridized carbons (Fsp3) is 0.941. The zero-order valence-corrected chi connectivity index (χ0v) is 15.0. The van der Waals surface area contributed by atoms with Crippen LogP contribution in [-0.4, -0.2) is 60.5 Å². The molecule has 0 bridgehead atoms. The molecule has 23 heavy (non-hydrogen) atoms. The highest BCUT2D eigenvalue weighted by Crippen LogP contribution is 2.30. The van der Waals surface area contributed by atoms with Crippen molar-refractivity contribution in [1.82, 2.24) is 10.2 Å². The summed E-state index contributed by atoms with van der Waals surface area (Å²) < 4.78 is 11.3. The maximum Gasteiger partial charge on any atom is 0.407 e. The summed E-state index contributed by atoms with van der Waals surface area (Å²) in [5.74, 6) is 0. The molecule has 2 aliphatic rings. The van der Waals surface area contributed by atoms with Gasteiger partial charge in [-0.15, -0.1) is 0 Å². The third-order valence-corrected chi connectivity index (χ3v) is 4.76. The number of carbonyl (C=O) groups excluding carboxylic acids is 1. The zero-order chi connectivity index (χ0) is 17.0. The Kier molecular flexibility index (Phi) is 6.28. The highest BCUT2D eigenvalue weighted by atomic mass is 16.6. The van der Waals surface area contributed by atoms with Crippen LogP contribution in [-0.2, 0) is 9.47 Å². The average molecular weight is 327 g/mol. The van der Waals surface area contributed by atoms with Gasteiger partial charge in [0.05, 0.1) is 12.7 Å². The van der Waals surface area contributed by atoms with E-state index in [0.29, 0.717) is 18.7 Å². The number of ether oxygens (including phenoxy) is 2. The second kappa shape index (κ2) is 7.81. The van der Waals surface area contributed by atoms with E-state index in [1.165, 1.54) is 12.8 Å². The van der Waals surface area contributed by atoms with Crippen LogP contribution in [0.4, 0.5) is 4.79 Å². The summed E-state index contributed by atoms with van der Waals surface area (Å²) >= 11 is 0. The van der Waals surface area contributed by atoms with Crippen molar-refractivity contribution in [3.8, 4) is 0 Å². The summed E-state index contributed by atoms with van der Waals surface area (Å²) in [6, 6.07) is 0.474. The highest BCUT2D eigenvalue weighted by Gasteiger charge is 2.39. The standard InChI is InChI=1S/C17H33N3O3/c1-12(19-16(21)23-17(2,3)4)14(11-18)20-9-10-22-15-8-6-5-7-13(15)20/h12-15H,5-11,18H2,1-4H3,(H,19,21). The summed E-state index contributed by atoms with van der Waals surface area (Å²) in [6.45, 7) is 9.75. The molecule has 3 N–H and O–H groups in total. The van der Waals surface area contributed by atoms with Gasteiger partial charge >= 0.3 is 6.09 Å². The van der Waals surface area contributed by atoms with Crippen LogP contribution >= 0.6 is 0 Å². The number of fused-ring (bicyclic) bond motifs is 1. The minimum absolute atomic E-state index is 0.0597. The fourth-order valence-corrected chi connectivity index (χ4v) is 3.75. The van der Waals surface area contributed by atoms with Gasteiger partial charge in [-0.3, -0.25) is 4.90 Å². The Morgan fingerprint density at radius 3 is 2.74 bits per heavy atom. The second-order valence-electron chi connectivity index (χ2n) is 7.74. The first kappa shape index (κ1) is 18.5. The number of hydrogen-bond acceptors (Lipinski definition) is 5. The van der Waals surface area contributed by atoms with Crippen molar-refractivity contribution >= 4 is 6.09 Å². The highest BCUT2D eigenvalue weighted by molar-refractivity contribution is 5.68. The van der Waals surface area contributed by atoms with E-state index in [-0.39, 0.29) is 18.2 Å². The number of nitrogens with zero attached hydrogens (tertiary/aromatic N) is 1. The van der Waals surface area contributed by atoms with Gasteiger partial charge in [0, 0.05) is 31.2 Å². The zero-order valence-electron chi connectivity index (χ0n) is 15.0. The SMILES string of the molecule is CC(NC(=O)OC(C)(C)C)C(CN)N1CCOC2CCCCC21. The molecule has 1 amide bonds. The number of rotatable bonds is 4. The van der Waals surface area contributed by atoms with Crippen LogP contribution in [0.5, 0.6) is 0 Å². The van der Waals surface area contributed by atoms with Crippen LogP contribution < -0.4 is 11.1 Å². The van der Waals surface area contributed by atoms with Gasteiger partial charge in [-0.25, -0.2) is 4.79 Å². The lowest BCUT2D eigenvalue weighted by Crippen LogP contribution is -2.63. The summed E-state index contributed by atoms with van der Waals surface area (Å²) in [5.41, 5.74) is 5.56. The second-order valence-corrected chi connectivity index (χ2v) is 7.74. The Morgan fingerprint density at radius 1 is 1.39 bits per heavy atom. The molecule has 4 atom stereocenters. The molecular weight excluding hydrogens is 294 g/mol. The molecule has 6 nitrogen and oxygen atoms in total. The summed E-state index contributed by atoms with van der Waals surface area (Å²) in [6.07, 6.45) is 4.71. The van der Waals surface area contributed by atoms with Gasteiger partial charge in [0.2, 0.25) is 0 Å². The molecule has 0 aromatic carbocycles. The molecule has 1 aliphatic heterocycles. The quantitative estimate of drug-likeness (QED) is 0.824. The Hall–Kier alpha value is -0.850. The minimum Gasteiger partial charge on any atom is -0.444 e. The topological polar surface area (TPSA) is 76.8 Å². The van der Waals surface area contributed by atoms with Crippen LogP contribution in [0.25, 0.3) is 0 Å². The number of carbonyl (C=O) groups is 1. The van der Waals surface area contributed by atoms with E-state index in [4.69, 9.17) is 15.2 Å². The lowest BCUT2D eigenvalue weighted by molar-refractivity contribution is -0.105. The Balaban J connectivity index is 1.98. The summed E-state index contributed by atoms with van der Waals surface area (Å²) in [5, 5.41) is 2.96. The Bertz CT molecular complexity index is 395.